The molecule has 1 atom stereocenters. The van der Waals surface area contributed by atoms with Gasteiger partial charge in [0.15, 0.2) is 0 Å². The molecule has 0 saturated heterocycles. The van der Waals surface area contributed by atoms with Gasteiger partial charge in [-0.1, -0.05) is 12.1 Å². The smallest absolute Gasteiger partial charge is 0.315 e. The number of rotatable bonds is 5. The van der Waals surface area contributed by atoms with Crippen molar-refractivity contribution in [3.05, 3.63) is 51.7 Å². The number of carbonyl (C=O) groups is 1. The van der Waals surface area contributed by atoms with Crippen LogP contribution < -0.4 is 5.73 Å². The Hall–Kier alpha value is -1.79. The van der Waals surface area contributed by atoms with Gasteiger partial charge in [-0.05, 0) is 24.6 Å². The molecule has 1 unspecified atom stereocenters. The van der Waals surface area contributed by atoms with E-state index in [1.54, 1.807) is 12.3 Å². The van der Waals surface area contributed by atoms with Crippen LogP contribution in [0.4, 0.5) is 4.39 Å². The maximum atomic E-state index is 13.4. The second-order valence-electron chi connectivity index (χ2n) is 4.62. The minimum Gasteiger partial charge on any atom is -0.481 e. The molecule has 1 aromatic heterocycles. The average molecular weight is 294 g/mol. The topological polar surface area (TPSA) is 76.2 Å². The van der Waals surface area contributed by atoms with E-state index in [9.17, 15) is 14.3 Å². The Morgan fingerprint density at radius 2 is 2.30 bits per heavy atom. The molecule has 106 valence electrons. The van der Waals surface area contributed by atoms with Crippen molar-refractivity contribution in [2.24, 2.45) is 5.73 Å². The second-order valence-corrected chi connectivity index (χ2v) is 5.94. The zero-order valence-corrected chi connectivity index (χ0v) is 11.8. The second kappa shape index (κ2) is 5.68. The highest BCUT2D eigenvalue weighted by Crippen LogP contribution is 2.30. The molecule has 0 bridgehead atoms. The quantitative estimate of drug-likeness (QED) is 0.885. The van der Waals surface area contributed by atoms with E-state index in [-0.39, 0.29) is 13.0 Å². The normalized spacial score (nSPS) is 13.9. The third-order valence-electron chi connectivity index (χ3n) is 3.28. The Bertz CT molecular complexity index is 629. The number of hydrogen-bond acceptors (Lipinski definition) is 4. The number of carboxylic acids is 1. The first-order chi connectivity index (χ1) is 9.48. The van der Waals surface area contributed by atoms with Gasteiger partial charge in [-0.3, -0.25) is 4.79 Å². The van der Waals surface area contributed by atoms with Crippen LogP contribution in [0.2, 0.25) is 0 Å². The summed E-state index contributed by atoms with van der Waals surface area (Å²) >= 11 is 1.42. The van der Waals surface area contributed by atoms with Crippen molar-refractivity contribution in [1.29, 1.82) is 0 Å². The summed E-state index contributed by atoms with van der Waals surface area (Å²) in [5.74, 6) is -1.53. The van der Waals surface area contributed by atoms with E-state index < -0.39 is 17.2 Å². The van der Waals surface area contributed by atoms with Gasteiger partial charge in [0.1, 0.15) is 11.2 Å². The molecule has 2 rings (SSSR count). The summed E-state index contributed by atoms with van der Waals surface area (Å²) in [5.41, 5.74) is 4.77. The summed E-state index contributed by atoms with van der Waals surface area (Å²) < 4.78 is 13.4. The Morgan fingerprint density at radius 1 is 1.55 bits per heavy atom. The number of halogens is 1. The van der Waals surface area contributed by atoms with Crippen LogP contribution in [0.15, 0.2) is 30.5 Å². The van der Waals surface area contributed by atoms with Crippen molar-refractivity contribution in [3.8, 4) is 0 Å². The van der Waals surface area contributed by atoms with Crippen LogP contribution >= 0.6 is 11.3 Å². The van der Waals surface area contributed by atoms with E-state index >= 15 is 0 Å². The van der Waals surface area contributed by atoms with Crippen molar-refractivity contribution in [3.63, 3.8) is 0 Å². The molecule has 0 aliphatic rings. The van der Waals surface area contributed by atoms with E-state index in [1.807, 2.05) is 6.92 Å². The van der Waals surface area contributed by atoms with Gasteiger partial charge in [0.05, 0.1) is 5.01 Å². The van der Waals surface area contributed by atoms with Crippen molar-refractivity contribution in [2.45, 2.75) is 18.8 Å². The van der Waals surface area contributed by atoms with E-state index in [0.717, 1.165) is 9.88 Å². The van der Waals surface area contributed by atoms with Gasteiger partial charge >= 0.3 is 5.97 Å². The van der Waals surface area contributed by atoms with Gasteiger partial charge < -0.3 is 10.8 Å². The summed E-state index contributed by atoms with van der Waals surface area (Å²) in [6.45, 7) is 1.74. The predicted molar refractivity (Wildman–Crippen MR) is 75.3 cm³/mol. The maximum absolute atomic E-state index is 13.4. The van der Waals surface area contributed by atoms with E-state index in [0.29, 0.717) is 5.56 Å². The van der Waals surface area contributed by atoms with Crippen LogP contribution in [0, 0.1) is 12.7 Å². The fraction of sp³-hybridized carbons (Fsp3) is 0.286. The molecule has 0 fully saturated rings. The number of aromatic nitrogens is 1. The van der Waals surface area contributed by atoms with E-state index in [4.69, 9.17) is 5.73 Å². The van der Waals surface area contributed by atoms with Crippen LogP contribution in [0.1, 0.15) is 15.4 Å². The SMILES string of the molecule is Cc1ncc(CC(CN)(C(=O)O)c2cccc(F)c2)s1. The molecular weight excluding hydrogens is 279 g/mol. The van der Waals surface area contributed by atoms with Crippen LogP contribution in [-0.4, -0.2) is 22.6 Å². The first-order valence-corrected chi connectivity index (χ1v) is 6.90. The van der Waals surface area contributed by atoms with Gasteiger partial charge in [-0.2, -0.15) is 0 Å². The standard InChI is InChI=1S/C14H15FN2O2S/c1-9-17-7-12(20-9)6-14(8-16,13(18)19)10-3-2-4-11(15)5-10/h2-5,7H,6,8,16H2,1H3,(H,18,19). The highest BCUT2D eigenvalue weighted by molar-refractivity contribution is 7.11. The molecule has 0 aliphatic carbocycles. The predicted octanol–water partition coefficient (Wildman–Crippen LogP) is 2.11. The maximum Gasteiger partial charge on any atom is 0.315 e. The Morgan fingerprint density at radius 3 is 2.80 bits per heavy atom. The van der Waals surface area contributed by atoms with Gasteiger partial charge in [0, 0.05) is 24.0 Å². The zero-order valence-electron chi connectivity index (χ0n) is 11.0. The van der Waals surface area contributed by atoms with Gasteiger partial charge in [-0.15, -0.1) is 11.3 Å². The van der Waals surface area contributed by atoms with Crippen molar-refractivity contribution in [2.75, 3.05) is 6.54 Å². The molecule has 2 aromatic rings. The number of benzene rings is 1. The fourth-order valence-corrected chi connectivity index (χ4v) is 3.06. The van der Waals surface area contributed by atoms with Crippen molar-refractivity contribution < 1.29 is 14.3 Å². The molecule has 0 saturated carbocycles. The van der Waals surface area contributed by atoms with Crippen LogP contribution in [0.3, 0.4) is 0 Å². The number of nitrogens with zero attached hydrogens (tertiary/aromatic N) is 1. The molecule has 1 heterocycles. The lowest BCUT2D eigenvalue weighted by Gasteiger charge is -2.28. The number of hydrogen-bond donors (Lipinski definition) is 2. The van der Waals surface area contributed by atoms with Crippen LogP contribution in [0.25, 0.3) is 0 Å². The van der Waals surface area contributed by atoms with E-state index in [2.05, 4.69) is 4.98 Å². The van der Waals surface area contributed by atoms with Gasteiger partial charge in [0.2, 0.25) is 0 Å². The highest BCUT2D eigenvalue weighted by Gasteiger charge is 2.40. The lowest BCUT2D eigenvalue weighted by Crippen LogP contribution is -2.44. The van der Waals surface area contributed by atoms with Crippen LogP contribution in [0.5, 0.6) is 0 Å². The number of aliphatic carboxylic acids is 1. The summed E-state index contributed by atoms with van der Waals surface area (Å²) in [6, 6.07) is 5.60. The van der Waals surface area contributed by atoms with Gasteiger partial charge in [-0.25, -0.2) is 9.37 Å². The average Bonchev–Trinajstić information content (AvgIpc) is 2.81. The molecule has 20 heavy (non-hydrogen) atoms. The third-order valence-corrected chi connectivity index (χ3v) is 4.19. The number of carboxylic acid groups (broad SMARTS) is 1. The lowest BCUT2D eigenvalue weighted by molar-refractivity contribution is -0.143. The van der Waals surface area contributed by atoms with E-state index in [1.165, 1.54) is 29.5 Å². The number of nitrogens with two attached hydrogens (primary N) is 1. The van der Waals surface area contributed by atoms with Crippen LogP contribution in [-0.2, 0) is 16.6 Å². The largest absolute Gasteiger partial charge is 0.481 e. The van der Waals surface area contributed by atoms with Crippen molar-refractivity contribution in [1.82, 2.24) is 4.98 Å². The molecule has 0 radical (unpaired) electrons. The summed E-state index contributed by atoms with van der Waals surface area (Å²) in [6.07, 6.45) is 1.85. The molecule has 6 heteroatoms. The Kier molecular flexibility index (Phi) is 4.15. The van der Waals surface area contributed by atoms with Crippen molar-refractivity contribution >= 4 is 17.3 Å². The Balaban J connectivity index is 2.47. The molecule has 0 amide bonds. The Labute approximate surface area is 120 Å². The zero-order chi connectivity index (χ0) is 14.8. The minimum absolute atomic E-state index is 0.108. The highest BCUT2D eigenvalue weighted by atomic mass is 32.1. The lowest BCUT2D eigenvalue weighted by atomic mass is 9.77. The third kappa shape index (κ3) is 2.71. The van der Waals surface area contributed by atoms with Gasteiger partial charge in [0.25, 0.3) is 0 Å². The first kappa shape index (κ1) is 14.6. The molecule has 3 N–H and O–H groups in total. The number of thiazole rings is 1. The summed E-state index contributed by atoms with van der Waals surface area (Å²) in [5, 5.41) is 10.5. The molecular formula is C14H15FN2O2S. The first-order valence-electron chi connectivity index (χ1n) is 6.09. The molecule has 1 aromatic carbocycles. The monoisotopic (exact) mass is 294 g/mol. The molecule has 4 nitrogen and oxygen atoms in total. The minimum atomic E-state index is -1.33. The molecule has 0 aliphatic heterocycles. The molecule has 0 spiro atoms. The summed E-state index contributed by atoms with van der Waals surface area (Å²) in [4.78, 5) is 16.7. The number of aryl methyl sites for hydroxylation is 1. The fourth-order valence-electron chi connectivity index (χ4n) is 2.15. The summed E-state index contributed by atoms with van der Waals surface area (Å²) in [7, 11) is 0.